The topological polar surface area (TPSA) is 81.9 Å². The molecule has 0 N–H and O–H groups in total. The van der Waals surface area contributed by atoms with Gasteiger partial charge in [0.2, 0.25) is 5.89 Å². The highest BCUT2D eigenvalue weighted by molar-refractivity contribution is 6.30. The van der Waals surface area contributed by atoms with Crippen LogP contribution < -0.4 is 9.64 Å². The van der Waals surface area contributed by atoms with Gasteiger partial charge in [-0.25, -0.2) is 4.98 Å². The highest BCUT2D eigenvalue weighted by Crippen LogP contribution is 2.31. The lowest BCUT2D eigenvalue weighted by Crippen LogP contribution is -2.40. The first-order valence-corrected chi connectivity index (χ1v) is 9.36. The predicted octanol–water partition coefficient (Wildman–Crippen LogP) is 3.85. The molecule has 3 aromatic rings. The first kappa shape index (κ1) is 19.0. The van der Waals surface area contributed by atoms with Crippen LogP contribution in [0, 0.1) is 0 Å². The second kappa shape index (κ2) is 8.36. The standard InChI is InChI=1S/C21H17ClN2O5/c22-15-7-5-14(6-8-15)18-11-23-19(29-18)12-28-21(26)9-10-24-16-3-1-2-4-17(16)27-13-20(24)25/h1-8,11H,9-10,12-13H2. The SMILES string of the molecule is O=C(CCN1C(=O)COc2ccccc21)OCc1ncc(-c2ccc(Cl)cc2)o1. The number of hydrogen-bond acceptors (Lipinski definition) is 6. The van der Waals surface area contributed by atoms with E-state index in [1.807, 2.05) is 24.3 Å². The molecule has 0 unspecified atom stereocenters. The Morgan fingerprint density at radius 3 is 2.79 bits per heavy atom. The van der Waals surface area contributed by atoms with Crippen molar-refractivity contribution in [3.63, 3.8) is 0 Å². The van der Waals surface area contributed by atoms with Crippen LogP contribution in [0.1, 0.15) is 12.3 Å². The molecule has 148 valence electrons. The first-order chi connectivity index (χ1) is 14.1. The van der Waals surface area contributed by atoms with Crippen molar-refractivity contribution in [2.24, 2.45) is 0 Å². The molecule has 8 heteroatoms. The van der Waals surface area contributed by atoms with Crippen molar-refractivity contribution in [1.29, 1.82) is 0 Å². The fourth-order valence-electron chi connectivity index (χ4n) is 2.94. The number of carbonyl (C=O) groups is 2. The summed E-state index contributed by atoms with van der Waals surface area (Å²) in [5.74, 6) is 0.819. The van der Waals surface area contributed by atoms with E-state index in [9.17, 15) is 9.59 Å². The number of hydrogen-bond donors (Lipinski definition) is 0. The quantitative estimate of drug-likeness (QED) is 0.572. The van der Waals surface area contributed by atoms with Gasteiger partial charge in [0, 0.05) is 17.1 Å². The Morgan fingerprint density at radius 1 is 1.17 bits per heavy atom. The summed E-state index contributed by atoms with van der Waals surface area (Å²) in [7, 11) is 0. The molecule has 2 aromatic carbocycles. The van der Waals surface area contributed by atoms with E-state index in [0.717, 1.165) is 5.56 Å². The molecule has 0 spiro atoms. The number of fused-ring (bicyclic) bond motifs is 1. The number of aromatic nitrogens is 1. The summed E-state index contributed by atoms with van der Waals surface area (Å²) in [5, 5.41) is 0.629. The maximum atomic E-state index is 12.1. The average Bonchev–Trinajstić information content (AvgIpc) is 3.21. The van der Waals surface area contributed by atoms with Crippen LogP contribution in [0.4, 0.5) is 5.69 Å². The van der Waals surface area contributed by atoms with Crippen molar-refractivity contribution >= 4 is 29.2 Å². The van der Waals surface area contributed by atoms with Gasteiger partial charge in [0.1, 0.15) is 5.75 Å². The van der Waals surface area contributed by atoms with Gasteiger partial charge in [-0.15, -0.1) is 0 Å². The fraction of sp³-hybridized carbons (Fsp3) is 0.190. The summed E-state index contributed by atoms with van der Waals surface area (Å²) in [4.78, 5) is 29.9. The maximum Gasteiger partial charge on any atom is 0.308 e. The molecule has 1 aliphatic rings. The Labute approximate surface area is 171 Å². The van der Waals surface area contributed by atoms with Crippen LogP contribution in [0.3, 0.4) is 0 Å². The number of esters is 1. The van der Waals surface area contributed by atoms with Crippen LogP contribution in [-0.4, -0.2) is 30.0 Å². The molecule has 29 heavy (non-hydrogen) atoms. The maximum absolute atomic E-state index is 12.1. The largest absolute Gasteiger partial charge is 0.482 e. The average molecular weight is 413 g/mol. The number of oxazole rings is 1. The molecule has 1 aliphatic heterocycles. The van der Waals surface area contributed by atoms with E-state index in [2.05, 4.69) is 4.98 Å². The minimum atomic E-state index is -0.451. The van der Waals surface area contributed by atoms with E-state index < -0.39 is 5.97 Å². The lowest BCUT2D eigenvalue weighted by molar-refractivity contribution is -0.145. The van der Waals surface area contributed by atoms with Gasteiger partial charge in [-0.2, -0.15) is 0 Å². The Hall–Kier alpha value is -3.32. The van der Waals surface area contributed by atoms with Crippen LogP contribution in [0.25, 0.3) is 11.3 Å². The highest BCUT2D eigenvalue weighted by atomic mass is 35.5. The van der Waals surface area contributed by atoms with E-state index in [1.54, 1.807) is 30.5 Å². The van der Waals surface area contributed by atoms with E-state index in [1.165, 1.54) is 4.90 Å². The van der Waals surface area contributed by atoms with Crippen molar-refractivity contribution in [3.05, 3.63) is 65.6 Å². The van der Waals surface area contributed by atoms with Gasteiger partial charge in [-0.1, -0.05) is 23.7 Å². The number of benzene rings is 2. The third-order valence-corrected chi connectivity index (χ3v) is 4.64. The van der Waals surface area contributed by atoms with Gasteiger partial charge in [0.15, 0.2) is 19.0 Å². The van der Waals surface area contributed by atoms with Crippen LogP contribution >= 0.6 is 11.6 Å². The molecule has 0 radical (unpaired) electrons. The summed E-state index contributed by atoms with van der Waals surface area (Å²) >= 11 is 5.88. The third-order valence-electron chi connectivity index (χ3n) is 4.39. The van der Waals surface area contributed by atoms with E-state index >= 15 is 0 Å². The third kappa shape index (κ3) is 4.41. The zero-order chi connectivity index (χ0) is 20.2. The summed E-state index contributed by atoms with van der Waals surface area (Å²) in [5.41, 5.74) is 1.47. The molecule has 0 saturated carbocycles. The molecule has 0 fully saturated rings. The van der Waals surface area contributed by atoms with Crippen molar-refractivity contribution in [3.8, 4) is 17.1 Å². The van der Waals surface area contributed by atoms with Crippen LogP contribution in [-0.2, 0) is 20.9 Å². The van der Waals surface area contributed by atoms with E-state index in [4.69, 9.17) is 25.5 Å². The van der Waals surface area contributed by atoms with Crippen LogP contribution in [0.5, 0.6) is 5.75 Å². The van der Waals surface area contributed by atoms with Gasteiger partial charge in [0.25, 0.3) is 5.91 Å². The number of amides is 1. The fourth-order valence-corrected chi connectivity index (χ4v) is 3.07. The van der Waals surface area contributed by atoms with Crippen molar-refractivity contribution in [1.82, 2.24) is 4.98 Å². The summed E-state index contributed by atoms with van der Waals surface area (Å²) < 4.78 is 16.2. The number of para-hydroxylation sites is 2. The molecule has 0 atom stereocenters. The van der Waals surface area contributed by atoms with Crippen LogP contribution in [0.15, 0.2) is 59.1 Å². The smallest absolute Gasteiger partial charge is 0.308 e. The summed E-state index contributed by atoms with van der Waals surface area (Å²) in [6.07, 6.45) is 1.61. The van der Waals surface area contributed by atoms with Gasteiger partial charge >= 0.3 is 5.97 Å². The molecule has 4 rings (SSSR count). The monoisotopic (exact) mass is 412 g/mol. The Bertz CT molecular complexity index is 1030. The van der Waals surface area contributed by atoms with Crippen LogP contribution in [0.2, 0.25) is 5.02 Å². The van der Waals surface area contributed by atoms with Crippen molar-refractivity contribution in [2.75, 3.05) is 18.1 Å². The van der Waals surface area contributed by atoms with Gasteiger partial charge < -0.3 is 18.8 Å². The Balaban J connectivity index is 1.31. The Kier molecular flexibility index (Phi) is 5.48. The summed E-state index contributed by atoms with van der Waals surface area (Å²) in [6, 6.07) is 14.3. The minimum absolute atomic E-state index is 0.0458. The zero-order valence-corrected chi connectivity index (χ0v) is 16.1. The molecule has 1 amide bonds. The van der Waals surface area contributed by atoms with E-state index in [0.29, 0.717) is 22.2 Å². The number of nitrogens with zero attached hydrogens (tertiary/aromatic N) is 2. The molecule has 1 aromatic heterocycles. The van der Waals surface area contributed by atoms with Crippen molar-refractivity contribution < 1.29 is 23.5 Å². The zero-order valence-electron chi connectivity index (χ0n) is 15.3. The van der Waals surface area contributed by atoms with Gasteiger partial charge in [-0.05, 0) is 36.4 Å². The Morgan fingerprint density at radius 2 is 1.97 bits per heavy atom. The number of anilines is 1. The predicted molar refractivity (Wildman–Crippen MR) is 106 cm³/mol. The van der Waals surface area contributed by atoms with Crippen molar-refractivity contribution in [2.45, 2.75) is 13.0 Å². The molecular weight excluding hydrogens is 396 g/mol. The van der Waals surface area contributed by atoms with E-state index in [-0.39, 0.29) is 38.0 Å². The van der Waals surface area contributed by atoms with Gasteiger partial charge in [0.05, 0.1) is 18.3 Å². The normalized spacial score (nSPS) is 13.0. The molecule has 0 saturated heterocycles. The molecule has 2 heterocycles. The number of ether oxygens (including phenoxy) is 2. The lowest BCUT2D eigenvalue weighted by Gasteiger charge is -2.28. The molecular formula is C21H17ClN2O5. The summed E-state index contributed by atoms with van der Waals surface area (Å²) in [6.45, 7) is 0.0789. The first-order valence-electron chi connectivity index (χ1n) is 8.98. The minimum Gasteiger partial charge on any atom is -0.482 e. The lowest BCUT2D eigenvalue weighted by atomic mass is 10.2. The second-order valence-corrected chi connectivity index (χ2v) is 6.77. The second-order valence-electron chi connectivity index (χ2n) is 6.34. The molecule has 7 nitrogen and oxygen atoms in total. The number of carbonyl (C=O) groups excluding carboxylic acids is 2. The number of rotatable bonds is 6. The highest BCUT2D eigenvalue weighted by Gasteiger charge is 2.25. The molecule has 0 aliphatic carbocycles. The van der Waals surface area contributed by atoms with Gasteiger partial charge in [-0.3, -0.25) is 9.59 Å². The molecule has 0 bridgehead atoms. The number of halogens is 1.